The Kier molecular flexibility index (Phi) is 10.5. The third-order valence-electron chi connectivity index (χ3n) is 9.02. The van der Waals surface area contributed by atoms with E-state index < -0.39 is 30.1 Å². The summed E-state index contributed by atoms with van der Waals surface area (Å²) in [5.74, 6) is -3.19. The smallest absolute Gasteiger partial charge is 0.490 e. The predicted octanol–water partition coefficient (Wildman–Crippen LogP) is 5.94. The highest BCUT2D eigenvalue weighted by Crippen LogP contribution is 2.41. The van der Waals surface area contributed by atoms with Crippen molar-refractivity contribution in [1.29, 1.82) is 0 Å². The molecule has 2 aromatic carbocycles. The zero-order valence-electron chi connectivity index (χ0n) is 27.2. The van der Waals surface area contributed by atoms with E-state index in [0.717, 1.165) is 42.8 Å². The van der Waals surface area contributed by atoms with Crippen molar-refractivity contribution in [1.82, 2.24) is 19.9 Å². The fraction of sp³-hybridized carbons (Fsp3) is 0.424. The number of anilines is 2. The van der Waals surface area contributed by atoms with Gasteiger partial charge in [-0.1, -0.05) is 24.3 Å². The zero-order chi connectivity index (χ0) is 37.4. The number of carboxylic acids is 2. The molecule has 2 bridgehead atoms. The van der Waals surface area contributed by atoms with E-state index in [1.54, 1.807) is 18.3 Å². The van der Waals surface area contributed by atoms with E-state index in [4.69, 9.17) is 29.8 Å². The summed E-state index contributed by atoms with van der Waals surface area (Å²) >= 11 is 0. The molecule has 0 spiro atoms. The average molecular weight is 727 g/mol. The standard InChI is InChI=1S/C29H31FN6O.2C2HF3O2/c1-34(2)20-15-36(16-20)29-32-27-24(28(33-29)35-13-17-7-8-18(9-17)14-35)12-31-26(25(27)30)23-11-21(37)10-19-5-3-4-6-22(19)23;2*3-2(4,5)1(6)7/h3-6,10-12,17-18,20,37H,7-9,13-16H2,1-2H3;2*(H,6,7). The Bertz CT molecular complexity index is 1900. The number of benzene rings is 2. The van der Waals surface area contributed by atoms with Crippen LogP contribution in [0.15, 0.2) is 42.6 Å². The average Bonchev–Trinajstić information content (AvgIpc) is 3.36. The number of carbonyl (C=O) groups is 2. The Morgan fingerprint density at radius 1 is 0.843 bits per heavy atom. The number of phenols is 1. The van der Waals surface area contributed by atoms with Crippen LogP contribution in [0.25, 0.3) is 32.9 Å². The monoisotopic (exact) mass is 726 g/mol. The molecular weight excluding hydrogens is 693 g/mol. The molecule has 2 atom stereocenters. The quantitative estimate of drug-likeness (QED) is 0.215. The summed E-state index contributed by atoms with van der Waals surface area (Å²) in [7, 11) is 4.16. The second kappa shape index (κ2) is 14.3. The summed E-state index contributed by atoms with van der Waals surface area (Å²) in [5.41, 5.74) is 1.05. The first-order chi connectivity index (χ1) is 23.8. The highest BCUT2D eigenvalue weighted by Gasteiger charge is 2.39. The maximum Gasteiger partial charge on any atom is 0.490 e. The van der Waals surface area contributed by atoms with Crippen LogP contribution in [0.4, 0.5) is 42.5 Å². The van der Waals surface area contributed by atoms with Gasteiger partial charge in [-0.25, -0.2) is 19.0 Å². The lowest BCUT2D eigenvalue weighted by Crippen LogP contribution is -2.58. The lowest BCUT2D eigenvalue weighted by Gasteiger charge is -2.43. The van der Waals surface area contributed by atoms with Gasteiger partial charge in [-0.05, 0) is 68.1 Å². The van der Waals surface area contributed by atoms with Crippen molar-refractivity contribution in [2.75, 3.05) is 50.1 Å². The molecule has 2 aromatic heterocycles. The maximum atomic E-state index is 16.4. The number of nitrogens with zero attached hydrogens (tertiary/aromatic N) is 6. The van der Waals surface area contributed by atoms with Gasteiger partial charge < -0.3 is 30.0 Å². The van der Waals surface area contributed by atoms with Gasteiger partial charge in [0.2, 0.25) is 5.95 Å². The van der Waals surface area contributed by atoms with Gasteiger partial charge in [-0.15, -0.1) is 0 Å². The van der Waals surface area contributed by atoms with Gasteiger partial charge in [0.25, 0.3) is 0 Å². The van der Waals surface area contributed by atoms with Crippen LogP contribution in [0.1, 0.15) is 19.3 Å². The van der Waals surface area contributed by atoms with Crippen molar-refractivity contribution in [2.24, 2.45) is 11.8 Å². The Morgan fingerprint density at radius 3 is 1.96 bits per heavy atom. The number of pyridine rings is 1. The molecule has 7 rings (SSSR count). The van der Waals surface area contributed by atoms with Gasteiger partial charge in [0.1, 0.15) is 22.8 Å². The number of carboxylic acid groups (broad SMARTS) is 2. The third kappa shape index (κ3) is 8.32. The summed E-state index contributed by atoms with van der Waals surface area (Å²) in [4.78, 5) is 38.9. The number of hydrogen-bond donors (Lipinski definition) is 3. The van der Waals surface area contributed by atoms with Gasteiger partial charge in [-0.2, -0.15) is 31.3 Å². The number of alkyl halides is 6. The molecule has 18 heteroatoms. The molecule has 274 valence electrons. The van der Waals surface area contributed by atoms with Crippen LogP contribution < -0.4 is 9.80 Å². The number of aromatic hydroxyl groups is 1. The largest absolute Gasteiger partial charge is 0.508 e. The molecule has 1 aliphatic carbocycles. The molecule has 0 radical (unpaired) electrons. The first kappa shape index (κ1) is 37.3. The van der Waals surface area contributed by atoms with Gasteiger partial charge in [0.05, 0.1) is 5.39 Å². The van der Waals surface area contributed by atoms with Crippen molar-refractivity contribution >= 4 is 45.4 Å². The number of piperidine rings is 1. The number of halogens is 7. The molecule has 2 unspecified atom stereocenters. The van der Waals surface area contributed by atoms with Crippen molar-refractivity contribution in [3.8, 4) is 17.0 Å². The first-order valence-electron chi connectivity index (χ1n) is 15.7. The summed E-state index contributed by atoms with van der Waals surface area (Å²) in [6, 6.07) is 11.4. The van der Waals surface area contributed by atoms with Crippen LogP contribution in [0.2, 0.25) is 0 Å². The van der Waals surface area contributed by atoms with E-state index in [-0.39, 0.29) is 11.4 Å². The lowest BCUT2D eigenvalue weighted by atomic mass is 9.98. The van der Waals surface area contributed by atoms with Crippen LogP contribution >= 0.6 is 0 Å². The minimum Gasteiger partial charge on any atom is -0.508 e. The van der Waals surface area contributed by atoms with Crippen molar-refractivity contribution < 1.29 is 55.6 Å². The van der Waals surface area contributed by atoms with Crippen molar-refractivity contribution in [3.05, 3.63) is 48.4 Å². The molecule has 3 aliphatic rings. The Labute approximate surface area is 285 Å². The van der Waals surface area contributed by atoms with E-state index in [1.807, 2.05) is 24.3 Å². The van der Waals surface area contributed by atoms with E-state index >= 15 is 4.39 Å². The van der Waals surface area contributed by atoms with Crippen molar-refractivity contribution in [3.63, 3.8) is 0 Å². The molecule has 11 nitrogen and oxygen atoms in total. The van der Waals surface area contributed by atoms with Gasteiger partial charge in [-0.3, -0.25) is 4.98 Å². The topological polar surface area (TPSA) is 143 Å². The number of fused-ring (bicyclic) bond motifs is 4. The van der Waals surface area contributed by atoms with Gasteiger partial charge >= 0.3 is 24.3 Å². The van der Waals surface area contributed by atoms with Crippen molar-refractivity contribution in [2.45, 2.75) is 37.7 Å². The number of hydrogen-bond acceptors (Lipinski definition) is 9. The molecule has 2 saturated heterocycles. The molecule has 0 amide bonds. The Hall–Kier alpha value is -5.00. The number of phenolic OH excluding ortho intramolecular Hbond substituents is 1. The van der Waals surface area contributed by atoms with E-state index in [9.17, 15) is 31.4 Å². The van der Waals surface area contributed by atoms with Gasteiger partial charge in [0, 0.05) is 44.0 Å². The molecule has 51 heavy (non-hydrogen) atoms. The van der Waals surface area contributed by atoms with Crippen LogP contribution in [-0.2, 0) is 9.59 Å². The van der Waals surface area contributed by atoms with E-state index in [1.165, 1.54) is 19.3 Å². The molecule has 3 N–H and O–H groups in total. The van der Waals surface area contributed by atoms with E-state index in [2.05, 4.69) is 33.8 Å². The summed E-state index contributed by atoms with van der Waals surface area (Å²) in [5, 5.41) is 27.0. The number of aliphatic carboxylic acids is 2. The molecule has 4 heterocycles. The third-order valence-corrected chi connectivity index (χ3v) is 9.02. The minimum absolute atomic E-state index is 0.0816. The van der Waals surface area contributed by atoms with Crippen LogP contribution in [0, 0.1) is 17.7 Å². The highest BCUT2D eigenvalue weighted by atomic mass is 19.4. The predicted molar refractivity (Wildman–Crippen MR) is 172 cm³/mol. The number of aromatic nitrogens is 3. The highest BCUT2D eigenvalue weighted by molar-refractivity contribution is 6.00. The summed E-state index contributed by atoms with van der Waals surface area (Å²) in [6.07, 6.45) is -4.64. The van der Waals surface area contributed by atoms with Crippen LogP contribution in [-0.4, -0.2) is 106 Å². The Balaban J connectivity index is 0.000000307. The Morgan fingerprint density at radius 2 is 1.41 bits per heavy atom. The maximum absolute atomic E-state index is 16.4. The number of rotatable bonds is 4. The first-order valence-corrected chi connectivity index (χ1v) is 15.7. The van der Waals surface area contributed by atoms with E-state index in [0.29, 0.717) is 40.3 Å². The number of likely N-dealkylation sites (N-methyl/N-ethyl adjacent to an activating group) is 1. The fourth-order valence-corrected chi connectivity index (χ4v) is 6.42. The lowest BCUT2D eigenvalue weighted by molar-refractivity contribution is -0.193. The van der Waals surface area contributed by atoms with Crippen LogP contribution in [0.5, 0.6) is 5.75 Å². The van der Waals surface area contributed by atoms with Gasteiger partial charge in [0.15, 0.2) is 5.82 Å². The summed E-state index contributed by atoms with van der Waals surface area (Å²) in [6.45, 7) is 3.53. The molecule has 3 fully saturated rings. The minimum atomic E-state index is -5.08. The SMILES string of the molecule is CN(C)C1CN(c2nc(N3CC4CCC(C4)C3)c3cnc(-c4cc(O)cc5ccccc45)c(F)c3n2)C1.O=C(O)C(F)(F)F.O=C(O)C(F)(F)F. The molecular formula is C33H33F7N6O5. The molecule has 4 aromatic rings. The normalized spacial score (nSPS) is 18.9. The van der Waals surface area contributed by atoms with Crippen LogP contribution in [0.3, 0.4) is 0 Å². The fourth-order valence-electron chi connectivity index (χ4n) is 6.42. The second-order valence-electron chi connectivity index (χ2n) is 12.8. The zero-order valence-corrected chi connectivity index (χ0v) is 27.2. The molecule has 2 aliphatic heterocycles. The second-order valence-corrected chi connectivity index (χ2v) is 12.8. The molecule has 1 saturated carbocycles. The summed E-state index contributed by atoms with van der Waals surface area (Å²) < 4.78 is 79.9.